The van der Waals surface area contributed by atoms with Crippen LogP contribution in [-0.4, -0.2) is 41.9 Å². The number of pyridine rings is 1. The van der Waals surface area contributed by atoms with Gasteiger partial charge in [-0.25, -0.2) is 15.0 Å². The summed E-state index contributed by atoms with van der Waals surface area (Å²) >= 11 is 0. The molecule has 0 aromatic carbocycles. The number of hydrogen-bond acceptors (Lipinski definition) is 6. The third-order valence-electron chi connectivity index (χ3n) is 8.13. The third kappa shape index (κ3) is 2.68. The van der Waals surface area contributed by atoms with Crippen molar-refractivity contribution in [3.63, 3.8) is 0 Å². The molecule has 4 aromatic heterocycles. The summed E-state index contributed by atoms with van der Waals surface area (Å²) in [5.74, 6) is 0.425. The normalized spacial score (nSPS) is 31.8. The van der Waals surface area contributed by atoms with Gasteiger partial charge in [0, 0.05) is 29.7 Å². The summed E-state index contributed by atoms with van der Waals surface area (Å²) in [5.41, 5.74) is 10.6. The molecule has 0 spiro atoms. The van der Waals surface area contributed by atoms with Crippen molar-refractivity contribution in [2.75, 3.05) is 5.73 Å². The Morgan fingerprint density at radius 3 is 2.91 bits per heavy atom. The topological polar surface area (TPSA) is 92.5 Å². The highest BCUT2D eigenvalue weighted by molar-refractivity contribution is 5.86. The molecule has 0 unspecified atom stereocenters. The van der Waals surface area contributed by atoms with Crippen molar-refractivity contribution in [2.45, 2.75) is 64.1 Å². The monoisotopic (exact) mass is 444 g/mol. The van der Waals surface area contributed by atoms with E-state index in [0.29, 0.717) is 11.7 Å². The average Bonchev–Trinajstić information content (AvgIpc) is 3.06. The lowest BCUT2D eigenvalue weighted by Crippen LogP contribution is -2.32. The largest absolute Gasteiger partial charge is 0.383 e. The van der Waals surface area contributed by atoms with Gasteiger partial charge in [-0.1, -0.05) is 0 Å². The number of aryl methyl sites for hydroxylation is 2. The van der Waals surface area contributed by atoms with Gasteiger partial charge >= 0.3 is 0 Å². The highest BCUT2D eigenvalue weighted by atomic mass is 16.8. The number of imidazole rings is 1. The number of nitrogen functional groups attached to an aromatic ring is 1. The van der Waals surface area contributed by atoms with Crippen LogP contribution in [0.25, 0.3) is 16.7 Å². The van der Waals surface area contributed by atoms with Gasteiger partial charge in [0.1, 0.15) is 29.5 Å². The lowest BCUT2D eigenvalue weighted by atomic mass is 9.91. The van der Waals surface area contributed by atoms with Crippen molar-refractivity contribution in [1.29, 1.82) is 0 Å². The summed E-state index contributed by atoms with van der Waals surface area (Å²) < 4.78 is 17.4. The summed E-state index contributed by atoms with van der Waals surface area (Å²) in [5, 5.41) is 0.897. The van der Waals surface area contributed by atoms with Gasteiger partial charge in [0.25, 0.3) is 0 Å². The Balaban J connectivity index is 1.22. The van der Waals surface area contributed by atoms with Crippen LogP contribution in [0.3, 0.4) is 0 Å². The predicted octanol–water partition coefficient (Wildman–Crippen LogP) is 3.68. The second kappa shape index (κ2) is 6.33. The molecule has 4 aromatic rings. The van der Waals surface area contributed by atoms with E-state index >= 15 is 0 Å². The molecular formula is C25H28N6O2. The molecule has 33 heavy (non-hydrogen) atoms. The van der Waals surface area contributed by atoms with Crippen molar-refractivity contribution in [2.24, 2.45) is 11.3 Å². The number of aromatic nitrogens is 5. The van der Waals surface area contributed by atoms with Crippen LogP contribution in [0.1, 0.15) is 44.0 Å². The highest BCUT2D eigenvalue weighted by Gasteiger charge is 2.75. The first-order valence-corrected chi connectivity index (χ1v) is 11.7. The van der Waals surface area contributed by atoms with Crippen LogP contribution in [-0.2, 0) is 15.9 Å². The SMILES string of the molecule is Cc1cnc2cc(CC[C@]34C[C@@H]3[C@@H](n3ccc5c(N)ncnc53)[C@@H]3OC(C)(C)O[C@@H]34)ccn12. The van der Waals surface area contributed by atoms with Gasteiger partial charge in [0.2, 0.25) is 0 Å². The zero-order chi connectivity index (χ0) is 22.5. The molecule has 8 nitrogen and oxygen atoms in total. The third-order valence-corrected chi connectivity index (χ3v) is 8.13. The van der Waals surface area contributed by atoms with E-state index in [1.54, 1.807) is 6.33 Å². The van der Waals surface area contributed by atoms with Gasteiger partial charge in [0.05, 0.1) is 17.5 Å². The maximum absolute atomic E-state index is 6.55. The van der Waals surface area contributed by atoms with E-state index in [9.17, 15) is 0 Å². The molecular weight excluding hydrogens is 416 g/mol. The fraction of sp³-hybridized carbons (Fsp3) is 0.480. The number of nitrogens with two attached hydrogens (primary N) is 1. The molecule has 0 amide bonds. The van der Waals surface area contributed by atoms with Crippen molar-refractivity contribution >= 4 is 22.5 Å². The standard InChI is InChI=1S/C25H28N6O2/c1-14-12-27-18-10-15(5-8-30(14)18)4-7-25-11-17(25)19(20-21(25)33-24(2,3)32-20)31-9-6-16-22(26)28-13-29-23(16)31/h5-6,8-10,12-13,17,19-21H,4,7,11H2,1-3H3,(H2,26,28,29)/t17-,19-,20+,21+,25+/m1/s1. The first-order valence-electron chi connectivity index (χ1n) is 11.7. The quantitative estimate of drug-likeness (QED) is 0.516. The molecule has 2 saturated carbocycles. The summed E-state index contributed by atoms with van der Waals surface area (Å²) in [6.07, 6.45) is 11.0. The highest BCUT2D eigenvalue weighted by Crippen LogP contribution is 2.73. The number of rotatable bonds is 4. The van der Waals surface area contributed by atoms with E-state index in [1.165, 1.54) is 5.56 Å². The summed E-state index contributed by atoms with van der Waals surface area (Å²) in [6, 6.07) is 6.63. The molecule has 8 heteroatoms. The Morgan fingerprint density at radius 2 is 2.03 bits per heavy atom. The van der Waals surface area contributed by atoms with Gasteiger partial charge in [-0.15, -0.1) is 0 Å². The Hall–Kier alpha value is -2.97. The summed E-state index contributed by atoms with van der Waals surface area (Å²) in [7, 11) is 0. The van der Waals surface area contributed by atoms with Gasteiger partial charge in [0.15, 0.2) is 5.79 Å². The van der Waals surface area contributed by atoms with E-state index < -0.39 is 5.79 Å². The fourth-order valence-electron chi connectivity index (χ4n) is 6.55. The second-order valence-electron chi connectivity index (χ2n) is 10.4. The molecule has 5 heterocycles. The van der Waals surface area contributed by atoms with Crippen LogP contribution in [0.4, 0.5) is 5.82 Å². The molecule has 2 N–H and O–H groups in total. The molecule has 1 saturated heterocycles. The smallest absolute Gasteiger partial charge is 0.163 e. The van der Waals surface area contributed by atoms with Crippen molar-refractivity contribution in [1.82, 2.24) is 23.9 Å². The molecule has 0 radical (unpaired) electrons. The molecule has 0 bridgehead atoms. The molecule has 3 fully saturated rings. The first-order chi connectivity index (χ1) is 15.9. The van der Waals surface area contributed by atoms with E-state index in [2.05, 4.69) is 55.4 Å². The van der Waals surface area contributed by atoms with Gasteiger partial charge in [-0.3, -0.25) is 0 Å². The zero-order valence-corrected chi connectivity index (χ0v) is 19.1. The molecule has 5 atom stereocenters. The second-order valence-corrected chi connectivity index (χ2v) is 10.4. The van der Waals surface area contributed by atoms with Crippen molar-refractivity contribution in [3.8, 4) is 0 Å². The Morgan fingerprint density at radius 1 is 1.15 bits per heavy atom. The maximum atomic E-state index is 6.55. The lowest BCUT2D eigenvalue weighted by molar-refractivity contribution is -0.161. The Kier molecular flexibility index (Phi) is 3.74. The fourth-order valence-corrected chi connectivity index (χ4v) is 6.55. The van der Waals surface area contributed by atoms with Gasteiger partial charge < -0.3 is 24.2 Å². The van der Waals surface area contributed by atoms with Crippen LogP contribution < -0.4 is 5.73 Å². The maximum Gasteiger partial charge on any atom is 0.163 e. The summed E-state index contributed by atoms with van der Waals surface area (Å²) in [4.78, 5) is 13.3. The Bertz CT molecular complexity index is 1410. The van der Waals surface area contributed by atoms with E-state index in [4.69, 9.17) is 15.2 Å². The molecule has 1 aliphatic heterocycles. The van der Waals surface area contributed by atoms with E-state index in [-0.39, 0.29) is 23.7 Å². The Labute approximate surface area is 191 Å². The van der Waals surface area contributed by atoms with Crippen molar-refractivity contribution < 1.29 is 9.47 Å². The predicted molar refractivity (Wildman–Crippen MR) is 124 cm³/mol. The molecule has 170 valence electrons. The van der Waals surface area contributed by atoms with Gasteiger partial charge in [-0.2, -0.15) is 0 Å². The van der Waals surface area contributed by atoms with Crippen LogP contribution >= 0.6 is 0 Å². The first kappa shape index (κ1) is 19.5. The minimum absolute atomic E-state index is 0.00275. The van der Waals surface area contributed by atoms with E-state index in [0.717, 1.165) is 41.6 Å². The molecule has 3 aliphatic rings. The lowest BCUT2D eigenvalue weighted by Gasteiger charge is -2.24. The van der Waals surface area contributed by atoms with E-state index in [1.807, 2.05) is 26.1 Å². The van der Waals surface area contributed by atoms with Gasteiger partial charge in [-0.05, 0) is 69.7 Å². The average molecular weight is 445 g/mol. The minimum Gasteiger partial charge on any atom is -0.383 e. The zero-order valence-electron chi connectivity index (χ0n) is 19.1. The number of anilines is 1. The number of fused-ring (bicyclic) bond motifs is 5. The minimum atomic E-state index is -0.586. The molecule has 2 aliphatic carbocycles. The number of ether oxygens (including phenoxy) is 2. The number of hydrogen-bond donors (Lipinski definition) is 1. The van der Waals surface area contributed by atoms with Crippen LogP contribution in [0.15, 0.2) is 43.1 Å². The van der Waals surface area contributed by atoms with Crippen LogP contribution in [0.2, 0.25) is 0 Å². The summed E-state index contributed by atoms with van der Waals surface area (Å²) in [6.45, 7) is 6.13. The van der Waals surface area contributed by atoms with Crippen LogP contribution in [0, 0.1) is 18.3 Å². The van der Waals surface area contributed by atoms with Crippen molar-refractivity contribution in [3.05, 3.63) is 54.4 Å². The number of nitrogens with zero attached hydrogens (tertiary/aromatic N) is 5. The van der Waals surface area contributed by atoms with Crippen LogP contribution in [0.5, 0.6) is 0 Å². The molecule has 7 rings (SSSR count).